The van der Waals surface area contributed by atoms with E-state index in [1.165, 1.54) is 4.90 Å². The van der Waals surface area contributed by atoms with Crippen molar-refractivity contribution < 1.29 is 18.3 Å². The van der Waals surface area contributed by atoms with Gasteiger partial charge in [-0.1, -0.05) is 0 Å². The first-order valence-electron chi connectivity index (χ1n) is 7.17. The van der Waals surface area contributed by atoms with Crippen molar-refractivity contribution in [2.24, 2.45) is 5.41 Å². The Morgan fingerprint density at radius 3 is 2.55 bits per heavy atom. The molecule has 0 aliphatic carbocycles. The third-order valence-electron chi connectivity index (χ3n) is 3.79. The van der Waals surface area contributed by atoms with Crippen LogP contribution in [0.5, 0.6) is 0 Å². The summed E-state index contributed by atoms with van der Waals surface area (Å²) >= 11 is 0. The number of carbonyl (C=O) groups excluding carboxylic acids is 1. The lowest BCUT2D eigenvalue weighted by Crippen LogP contribution is -2.59. The lowest BCUT2D eigenvalue weighted by atomic mass is 9.73. The van der Waals surface area contributed by atoms with Gasteiger partial charge in [0.1, 0.15) is 5.60 Å². The van der Waals surface area contributed by atoms with Crippen LogP contribution in [0.3, 0.4) is 0 Å². The Hall–Kier alpha value is -0.910. The lowest BCUT2D eigenvalue weighted by molar-refractivity contribution is -0.119. The van der Waals surface area contributed by atoms with E-state index >= 15 is 0 Å². The van der Waals surface area contributed by atoms with Crippen molar-refractivity contribution >= 4 is 6.09 Å². The van der Waals surface area contributed by atoms with Crippen LogP contribution in [0.2, 0.25) is 0 Å². The molecule has 2 heterocycles. The van der Waals surface area contributed by atoms with E-state index in [0.717, 1.165) is 19.4 Å². The number of rotatable bonds is 0. The van der Waals surface area contributed by atoms with Gasteiger partial charge in [-0.2, -0.15) is 0 Å². The fourth-order valence-electron chi connectivity index (χ4n) is 3.17. The molecule has 6 heteroatoms. The summed E-state index contributed by atoms with van der Waals surface area (Å²) in [5, 5.41) is 3.18. The molecule has 1 spiro atoms. The molecule has 1 amide bonds. The van der Waals surface area contributed by atoms with Gasteiger partial charge in [0.05, 0.1) is 6.54 Å². The van der Waals surface area contributed by atoms with Crippen LogP contribution in [-0.4, -0.2) is 48.7 Å². The summed E-state index contributed by atoms with van der Waals surface area (Å²) in [7, 11) is 0. The zero-order valence-electron chi connectivity index (χ0n) is 12.5. The van der Waals surface area contributed by atoms with Crippen molar-refractivity contribution in [2.45, 2.75) is 51.6 Å². The number of carbonyl (C=O) groups is 1. The van der Waals surface area contributed by atoms with Gasteiger partial charge in [0.25, 0.3) is 5.92 Å². The molecule has 116 valence electrons. The molecule has 1 atom stereocenters. The second-order valence-corrected chi connectivity index (χ2v) is 7.15. The fourth-order valence-corrected chi connectivity index (χ4v) is 3.17. The van der Waals surface area contributed by atoms with Crippen LogP contribution in [0.1, 0.15) is 40.0 Å². The van der Waals surface area contributed by atoms with Crippen LogP contribution in [0.25, 0.3) is 0 Å². The minimum Gasteiger partial charge on any atom is -0.444 e. The topological polar surface area (TPSA) is 41.6 Å². The number of nitrogens with zero attached hydrogens (tertiary/aromatic N) is 1. The van der Waals surface area contributed by atoms with E-state index in [1.54, 1.807) is 20.8 Å². The van der Waals surface area contributed by atoms with Gasteiger partial charge in [0, 0.05) is 24.9 Å². The van der Waals surface area contributed by atoms with Crippen molar-refractivity contribution in [1.29, 1.82) is 0 Å². The molecule has 0 aromatic rings. The molecular formula is C14H24F2N2O2. The van der Waals surface area contributed by atoms with Crippen LogP contribution in [-0.2, 0) is 4.74 Å². The first-order chi connectivity index (χ1) is 9.11. The summed E-state index contributed by atoms with van der Waals surface area (Å²) in [6.45, 7) is 6.44. The van der Waals surface area contributed by atoms with E-state index in [0.29, 0.717) is 13.1 Å². The van der Waals surface area contributed by atoms with Gasteiger partial charge in [-0.3, -0.25) is 0 Å². The minimum atomic E-state index is -2.84. The predicted octanol–water partition coefficient (Wildman–Crippen LogP) is 2.63. The number of ether oxygens (including phenoxy) is 1. The Labute approximate surface area is 118 Å². The summed E-state index contributed by atoms with van der Waals surface area (Å²) in [4.78, 5) is 13.3. The number of amides is 1. The van der Waals surface area contributed by atoms with E-state index in [-0.39, 0.29) is 6.42 Å². The van der Waals surface area contributed by atoms with Gasteiger partial charge in [0.15, 0.2) is 0 Å². The number of likely N-dealkylation sites (tertiary alicyclic amines) is 1. The van der Waals surface area contributed by atoms with Gasteiger partial charge in [-0.25, -0.2) is 13.6 Å². The number of piperidine rings is 2. The molecule has 2 aliphatic rings. The number of hydrogen-bond donors (Lipinski definition) is 1. The first-order valence-corrected chi connectivity index (χ1v) is 7.17. The normalized spacial score (nSPS) is 30.4. The maximum Gasteiger partial charge on any atom is 0.410 e. The Morgan fingerprint density at radius 1 is 1.30 bits per heavy atom. The van der Waals surface area contributed by atoms with Crippen molar-refractivity contribution in [1.82, 2.24) is 10.2 Å². The van der Waals surface area contributed by atoms with Crippen molar-refractivity contribution in [3.63, 3.8) is 0 Å². The highest BCUT2D eigenvalue weighted by atomic mass is 19.3. The third-order valence-corrected chi connectivity index (χ3v) is 3.79. The van der Waals surface area contributed by atoms with Crippen LogP contribution in [0.15, 0.2) is 0 Å². The van der Waals surface area contributed by atoms with Gasteiger partial charge in [-0.15, -0.1) is 0 Å². The van der Waals surface area contributed by atoms with E-state index in [4.69, 9.17) is 4.74 Å². The van der Waals surface area contributed by atoms with E-state index in [1.807, 2.05) is 0 Å². The average molecular weight is 290 g/mol. The Bertz CT molecular complexity index is 374. The molecule has 0 bridgehead atoms. The molecule has 0 aromatic heterocycles. The van der Waals surface area contributed by atoms with Crippen LogP contribution in [0, 0.1) is 5.41 Å². The molecule has 20 heavy (non-hydrogen) atoms. The molecule has 0 aromatic carbocycles. The molecule has 2 saturated heterocycles. The van der Waals surface area contributed by atoms with Crippen molar-refractivity contribution in [2.75, 3.05) is 26.2 Å². The van der Waals surface area contributed by atoms with E-state index in [9.17, 15) is 13.6 Å². The van der Waals surface area contributed by atoms with E-state index in [2.05, 4.69) is 5.32 Å². The molecule has 0 radical (unpaired) electrons. The van der Waals surface area contributed by atoms with Crippen LogP contribution < -0.4 is 5.32 Å². The van der Waals surface area contributed by atoms with Crippen LogP contribution in [0.4, 0.5) is 13.6 Å². The molecule has 4 nitrogen and oxygen atoms in total. The van der Waals surface area contributed by atoms with Gasteiger partial charge in [0.2, 0.25) is 0 Å². The molecule has 0 saturated carbocycles. The van der Waals surface area contributed by atoms with E-state index < -0.39 is 29.6 Å². The minimum absolute atomic E-state index is 0.147. The second kappa shape index (κ2) is 5.13. The van der Waals surface area contributed by atoms with Crippen LogP contribution >= 0.6 is 0 Å². The molecular weight excluding hydrogens is 266 g/mol. The summed E-state index contributed by atoms with van der Waals surface area (Å²) in [5.74, 6) is -2.84. The van der Waals surface area contributed by atoms with Crippen molar-refractivity contribution in [3.8, 4) is 0 Å². The lowest BCUT2D eigenvalue weighted by Gasteiger charge is -2.48. The summed E-state index contributed by atoms with van der Waals surface area (Å²) in [6.07, 6.45) is 0.821. The SMILES string of the molecule is CC(C)(C)OC(=O)N1CC(F)(F)CC2(CCCNC2)C1. The molecule has 1 N–H and O–H groups in total. The highest BCUT2D eigenvalue weighted by Gasteiger charge is 2.51. The summed E-state index contributed by atoms with van der Waals surface area (Å²) in [6, 6.07) is 0. The largest absolute Gasteiger partial charge is 0.444 e. The summed E-state index contributed by atoms with van der Waals surface area (Å²) < 4.78 is 33.2. The standard InChI is InChI=1S/C14H24F2N2O2/c1-12(2,3)20-11(19)18-9-13(5-4-6-17-8-13)7-14(15,16)10-18/h17H,4-10H2,1-3H3. The predicted molar refractivity (Wildman–Crippen MR) is 71.9 cm³/mol. The Balaban J connectivity index is 2.11. The Kier molecular flexibility index (Phi) is 3.97. The highest BCUT2D eigenvalue weighted by molar-refractivity contribution is 5.68. The maximum atomic E-state index is 14.0. The number of alkyl halides is 2. The molecule has 1 unspecified atom stereocenters. The monoisotopic (exact) mass is 290 g/mol. The molecule has 2 aliphatic heterocycles. The summed E-state index contributed by atoms with van der Waals surface area (Å²) in [5.41, 5.74) is -1.18. The average Bonchev–Trinajstić information content (AvgIpc) is 2.25. The quantitative estimate of drug-likeness (QED) is 0.745. The highest BCUT2D eigenvalue weighted by Crippen LogP contribution is 2.42. The third kappa shape index (κ3) is 3.81. The molecule has 2 fully saturated rings. The number of hydrogen-bond acceptors (Lipinski definition) is 3. The van der Waals surface area contributed by atoms with Crippen molar-refractivity contribution in [3.05, 3.63) is 0 Å². The number of nitrogens with one attached hydrogen (secondary N) is 1. The smallest absolute Gasteiger partial charge is 0.410 e. The zero-order chi connectivity index (χ0) is 15.0. The first kappa shape index (κ1) is 15.5. The fraction of sp³-hybridized carbons (Fsp3) is 0.929. The molecule has 2 rings (SSSR count). The Morgan fingerprint density at radius 2 is 2.00 bits per heavy atom. The number of halogens is 2. The van der Waals surface area contributed by atoms with Gasteiger partial charge in [-0.05, 0) is 40.2 Å². The van der Waals surface area contributed by atoms with Gasteiger partial charge >= 0.3 is 6.09 Å². The second-order valence-electron chi connectivity index (χ2n) is 7.15. The van der Waals surface area contributed by atoms with Gasteiger partial charge < -0.3 is 15.0 Å². The maximum absolute atomic E-state index is 14.0. The zero-order valence-corrected chi connectivity index (χ0v) is 12.5.